The number of hydrogen-bond acceptors (Lipinski definition) is 2. The fourth-order valence-electron chi connectivity index (χ4n) is 2.45. The maximum atomic E-state index is 13.6. The van der Waals surface area contributed by atoms with Crippen molar-refractivity contribution in [2.45, 2.75) is 44.7 Å². The van der Waals surface area contributed by atoms with Crippen molar-refractivity contribution in [1.29, 1.82) is 0 Å². The molecule has 4 heteroatoms. The van der Waals surface area contributed by atoms with E-state index in [2.05, 4.69) is 28.2 Å². The molecule has 18 heavy (non-hydrogen) atoms. The lowest BCUT2D eigenvalue weighted by Crippen LogP contribution is -2.41. The molecule has 0 spiro atoms. The predicted octanol–water partition coefficient (Wildman–Crippen LogP) is 3.69. The second-order valence-corrected chi connectivity index (χ2v) is 5.86. The monoisotopic (exact) mass is 313 g/mol. The third-order valence-corrected chi connectivity index (χ3v) is 3.86. The highest BCUT2D eigenvalue weighted by Gasteiger charge is 2.22. The third kappa shape index (κ3) is 3.39. The van der Waals surface area contributed by atoms with Gasteiger partial charge < -0.3 is 5.32 Å². The summed E-state index contributed by atoms with van der Waals surface area (Å²) >= 11 is 3.26. The van der Waals surface area contributed by atoms with Crippen LogP contribution in [0.4, 0.5) is 4.39 Å². The van der Waals surface area contributed by atoms with Gasteiger partial charge in [0.25, 0.3) is 0 Å². The Morgan fingerprint density at radius 3 is 3.00 bits per heavy atom. The number of ketones is 1. The van der Waals surface area contributed by atoms with Crippen LogP contribution in [0.1, 0.15) is 43.0 Å². The summed E-state index contributed by atoms with van der Waals surface area (Å²) in [5.74, 6) is -0.563. The zero-order chi connectivity index (χ0) is 13.1. The molecular weight excluding hydrogens is 297 g/mol. The van der Waals surface area contributed by atoms with E-state index in [1.807, 2.05) is 0 Å². The second-order valence-electron chi connectivity index (χ2n) is 4.95. The molecule has 0 radical (unpaired) electrons. The third-order valence-electron chi connectivity index (χ3n) is 3.37. The molecule has 0 aliphatic carbocycles. The van der Waals surface area contributed by atoms with Crippen LogP contribution in [-0.2, 0) is 0 Å². The van der Waals surface area contributed by atoms with Gasteiger partial charge in [0.05, 0.1) is 5.56 Å². The van der Waals surface area contributed by atoms with Gasteiger partial charge in [-0.3, -0.25) is 4.79 Å². The Labute approximate surface area is 115 Å². The molecule has 1 aliphatic rings. The van der Waals surface area contributed by atoms with Crippen LogP contribution in [0.15, 0.2) is 22.7 Å². The molecule has 0 aromatic heterocycles. The van der Waals surface area contributed by atoms with Gasteiger partial charge in [0.2, 0.25) is 0 Å². The number of piperidine rings is 1. The van der Waals surface area contributed by atoms with Gasteiger partial charge in [0.1, 0.15) is 5.82 Å². The Bertz CT molecular complexity index is 449. The van der Waals surface area contributed by atoms with E-state index in [1.165, 1.54) is 6.07 Å². The summed E-state index contributed by atoms with van der Waals surface area (Å²) in [6.07, 6.45) is 3.65. The molecule has 1 N–H and O–H groups in total. The lowest BCUT2D eigenvalue weighted by molar-refractivity contribution is 0.0956. The number of rotatable bonds is 3. The Balaban J connectivity index is 2.05. The smallest absolute Gasteiger partial charge is 0.167 e. The van der Waals surface area contributed by atoms with Gasteiger partial charge in [0, 0.05) is 23.0 Å². The zero-order valence-electron chi connectivity index (χ0n) is 10.4. The van der Waals surface area contributed by atoms with Crippen molar-refractivity contribution in [1.82, 2.24) is 5.32 Å². The average molecular weight is 314 g/mol. The second kappa shape index (κ2) is 5.93. The van der Waals surface area contributed by atoms with E-state index in [9.17, 15) is 9.18 Å². The topological polar surface area (TPSA) is 29.1 Å². The summed E-state index contributed by atoms with van der Waals surface area (Å²) in [7, 11) is 0. The normalized spacial score (nSPS) is 23.9. The van der Waals surface area contributed by atoms with Crippen molar-refractivity contribution in [3.63, 3.8) is 0 Å². The largest absolute Gasteiger partial charge is 0.311 e. The number of carbonyl (C=O) groups excluding carboxylic acids is 1. The van der Waals surface area contributed by atoms with E-state index in [0.717, 1.165) is 23.7 Å². The van der Waals surface area contributed by atoms with Crippen molar-refractivity contribution < 1.29 is 9.18 Å². The number of carbonyl (C=O) groups is 1. The van der Waals surface area contributed by atoms with Crippen LogP contribution in [0.5, 0.6) is 0 Å². The average Bonchev–Trinajstić information content (AvgIpc) is 2.32. The Morgan fingerprint density at radius 1 is 1.50 bits per heavy atom. The maximum Gasteiger partial charge on any atom is 0.167 e. The highest BCUT2D eigenvalue weighted by Crippen LogP contribution is 2.20. The lowest BCUT2D eigenvalue weighted by atomic mass is 9.94. The van der Waals surface area contributed by atoms with Gasteiger partial charge in [-0.1, -0.05) is 22.4 Å². The van der Waals surface area contributed by atoms with E-state index < -0.39 is 5.82 Å². The molecule has 0 saturated carbocycles. The highest BCUT2D eigenvalue weighted by atomic mass is 79.9. The first-order valence-corrected chi connectivity index (χ1v) is 7.10. The molecule has 1 aliphatic heterocycles. The highest BCUT2D eigenvalue weighted by molar-refractivity contribution is 9.10. The van der Waals surface area contributed by atoms with Crippen LogP contribution in [0, 0.1) is 5.82 Å². The molecule has 0 bridgehead atoms. The first-order chi connectivity index (χ1) is 8.56. The quantitative estimate of drug-likeness (QED) is 0.862. The van der Waals surface area contributed by atoms with Crippen LogP contribution in [0.2, 0.25) is 0 Å². The van der Waals surface area contributed by atoms with Gasteiger partial charge >= 0.3 is 0 Å². The first kappa shape index (κ1) is 13.7. The summed E-state index contributed by atoms with van der Waals surface area (Å²) in [4.78, 5) is 12.1. The van der Waals surface area contributed by atoms with Gasteiger partial charge in [-0.25, -0.2) is 4.39 Å². The van der Waals surface area contributed by atoms with Crippen molar-refractivity contribution in [2.24, 2.45) is 0 Å². The van der Waals surface area contributed by atoms with Gasteiger partial charge in [-0.15, -0.1) is 0 Å². The summed E-state index contributed by atoms with van der Waals surface area (Å²) in [5, 5.41) is 3.40. The zero-order valence-corrected chi connectivity index (χ0v) is 12.0. The van der Waals surface area contributed by atoms with Gasteiger partial charge in [-0.05, 0) is 38.0 Å². The lowest BCUT2D eigenvalue weighted by Gasteiger charge is -2.28. The molecule has 1 heterocycles. The van der Waals surface area contributed by atoms with E-state index in [-0.39, 0.29) is 17.4 Å². The van der Waals surface area contributed by atoms with Crippen LogP contribution in [0.25, 0.3) is 0 Å². The van der Waals surface area contributed by atoms with Crippen LogP contribution in [0.3, 0.4) is 0 Å². The maximum absolute atomic E-state index is 13.6. The number of halogens is 2. The molecule has 1 fully saturated rings. The molecule has 0 amide bonds. The molecule has 98 valence electrons. The van der Waals surface area contributed by atoms with Crippen molar-refractivity contribution in [3.05, 3.63) is 34.1 Å². The first-order valence-electron chi connectivity index (χ1n) is 6.30. The predicted molar refractivity (Wildman–Crippen MR) is 73.3 cm³/mol. The summed E-state index contributed by atoms with van der Waals surface area (Å²) in [5.41, 5.74) is 0.185. The SMILES string of the molecule is CC1CCCC(CC(=O)c2cc(Br)ccc2F)N1. The van der Waals surface area contributed by atoms with Crippen LogP contribution >= 0.6 is 15.9 Å². The molecule has 2 rings (SSSR count). The fourth-order valence-corrected chi connectivity index (χ4v) is 2.81. The van der Waals surface area contributed by atoms with E-state index in [0.29, 0.717) is 12.5 Å². The number of Topliss-reactive ketones (excluding diaryl/α,β-unsaturated/α-hetero) is 1. The van der Waals surface area contributed by atoms with E-state index >= 15 is 0 Å². The molecule has 1 aromatic rings. The molecular formula is C14H17BrFNO. The molecule has 1 aromatic carbocycles. The standard InChI is InChI=1S/C14H17BrFNO/c1-9-3-2-4-11(17-9)8-14(18)12-7-10(15)5-6-13(12)16/h5-7,9,11,17H,2-4,8H2,1H3. The number of hydrogen-bond donors (Lipinski definition) is 1. The fraction of sp³-hybridized carbons (Fsp3) is 0.500. The minimum absolute atomic E-state index is 0.125. The van der Waals surface area contributed by atoms with Gasteiger partial charge in [-0.2, -0.15) is 0 Å². The Morgan fingerprint density at radius 2 is 2.28 bits per heavy atom. The molecule has 2 nitrogen and oxygen atoms in total. The summed E-state index contributed by atoms with van der Waals surface area (Å²) in [6.45, 7) is 2.12. The van der Waals surface area contributed by atoms with Crippen LogP contribution < -0.4 is 5.32 Å². The van der Waals surface area contributed by atoms with Crippen molar-refractivity contribution in [3.8, 4) is 0 Å². The minimum Gasteiger partial charge on any atom is -0.311 e. The molecule has 1 saturated heterocycles. The van der Waals surface area contributed by atoms with Crippen molar-refractivity contribution >= 4 is 21.7 Å². The number of nitrogens with one attached hydrogen (secondary N) is 1. The van der Waals surface area contributed by atoms with Crippen LogP contribution in [-0.4, -0.2) is 17.9 Å². The van der Waals surface area contributed by atoms with Crippen molar-refractivity contribution in [2.75, 3.05) is 0 Å². The Hall–Kier alpha value is -0.740. The Kier molecular flexibility index (Phi) is 4.51. The summed E-state index contributed by atoms with van der Waals surface area (Å²) in [6, 6.07) is 5.12. The molecule has 2 unspecified atom stereocenters. The molecule has 2 atom stereocenters. The number of benzene rings is 1. The minimum atomic E-state index is -0.438. The van der Waals surface area contributed by atoms with E-state index in [4.69, 9.17) is 0 Å². The summed E-state index contributed by atoms with van der Waals surface area (Å²) < 4.78 is 14.3. The van der Waals surface area contributed by atoms with Gasteiger partial charge in [0.15, 0.2) is 5.78 Å². The van der Waals surface area contributed by atoms with E-state index in [1.54, 1.807) is 12.1 Å².